The Morgan fingerprint density at radius 3 is 2.29 bits per heavy atom. The van der Waals surface area contributed by atoms with Gasteiger partial charge in [0.1, 0.15) is 0 Å². The molecule has 132 valence electrons. The molecular formula is C18H24F3N3. The summed E-state index contributed by atoms with van der Waals surface area (Å²) in [5.74, 6) is 0. The van der Waals surface area contributed by atoms with Crippen LogP contribution in [-0.4, -0.2) is 55.6 Å². The summed E-state index contributed by atoms with van der Waals surface area (Å²) in [4.78, 5) is 6.71. The number of hydrogen-bond acceptors (Lipinski definition) is 3. The molecule has 3 nitrogen and oxygen atoms in total. The molecule has 0 unspecified atom stereocenters. The second-order valence-electron chi connectivity index (χ2n) is 6.57. The SMILES string of the molecule is C=C(CN1CCCC1)N1CCN(c2cccc(C(F)(F)F)c2)CC1. The third-order valence-electron chi connectivity index (χ3n) is 4.87. The lowest BCUT2D eigenvalue weighted by Crippen LogP contribution is -2.47. The Morgan fingerprint density at radius 2 is 1.67 bits per heavy atom. The highest BCUT2D eigenvalue weighted by atomic mass is 19.4. The molecule has 0 amide bonds. The minimum absolute atomic E-state index is 0.583. The number of piperazine rings is 1. The van der Waals surface area contributed by atoms with Crippen molar-refractivity contribution in [2.24, 2.45) is 0 Å². The molecule has 24 heavy (non-hydrogen) atoms. The molecule has 1 aromatic carbocycles. The summed E-state index contributed by atoms with van der Waals surface area (Å²) in [5, 5.41) is 0. The average molecular weight is 339 g/mol. The van der Waals surface area contributed by atoms with Crippen LogP contribution in [0.15, 0.2) is 36.5 Å². The van der Waals surface area contributed by atoms with Gasteiger partial charge in [-0.3, -0.25) is 4.90 Å². The molecule has 0 saturated carbocycles. The van der Waals surface area contributed by atoms with E-state index in [2.05, 4.69) is 16.4 Å². The first kappa shape index (κ1) is 17.1. The molecule has 0 aromatic heterocycles. The third-order valence-corrected chi connectivity index (χ3v) is 4.87. The fraction of sp³-hybridized carbons (Fsp3) is 0.556. The molecule has 6 heteroatoms. The summed E-state index contributed by atoms with van der Waals surface area (Å²) in [6, 6.07) is 5.60. The first-order chi connectivity index (χ1) is 11.4. The molecular weight excluding hydrogens is 315 g/mol. The molecule has 0 atom stereocenters. The number of nitrogens with zero attached hydrogens (tertiary/aromatic N) is 3. The van der Waals surface area contributed by atoms with Gasteiger partial charge in [0.15, 0.2) is 0 Å². The zero-order valence-electron chi connectivity index (χ0n) is 13.9. The largest absolute Gasteiger partial charge is 0.416 e. The van der Waals surface area contributed by atoms with Crippen LogP contribution in [0.4, 0.5) is 18.9 Å². The summed E-state index contributed by atoms with van der Waals surface area (Å²) in [6.45, 7) is 10.5. The van der Waals surface area contributed by atoms with E-state index in [0.717, 1.165) is 57.6 Å². The number of alkyl halides is 3. The van der Waals surface area contributed by atoms with E-state index >= 15 is 0 Å². The molecule has 2 fully saturated rings. The molecule has 3 rings (SSSR count). The first-order valence-corrected chi connectivity index (χ1v) is 8.51. The van der Waals surface area contributed by atoms with Crippen molar-refractivity contribution in [3.63, 3.8) is 0 Å². The highest BCUT2D eigenvalue weighted by Gasteiger charge is 2.31. The minimum Gasteiger partial charge on any atom is -0.371 e. The van der Waals surface area contributed by atoms with Crippen LogP contribution in [-0.2, 0) is 6.18 Å². The monoisotopic (exact) mass is 339 g/mol. The van der Waals surface area contributed by atoms with Gasteiger partial charge in [0.2, 0.25) is 0 Å². The van der Waals surface area contributed by atoms with Crippen LogP contribution in [0.5, 0.6) is 0 Å². The predicted octanol–water partition coefficient (Wildman–Crippen LogP) is 3.44. The van der Waals surface area contributed by atoms with Crippen LogP contribution in [0, 0.1) is 0 Å². The van der Waals surface area contributed by atoms with Gasteiger partial charge in [-0.1, -0.05) is 12.6 Å². The van der Waals surface area contributed by atoms with Crippen molar-refractivity contribution in [1.29, 1.82) is 0 Å². The van der Waals surface area contributed by atoms with Gasteiger partial charge in [-0.05, 0) is 44.1 Å². The number of halogens is 3. The van der Waals surface area contributed by atoms with Gasteiger partial charge in [-0.15, -0.1) is 0 Å². The molecule has 1 aromatic rings. The van der Waals surface area contributed by atoms with E-state index in [0.29, 0.717) is 5.69 Å². The zero-order chi connectivity index (χ0) is 17.2. The summed E-state index contributed by atoms with van der Waals surface area (Å²) in [7, 11) is 0. The van der Waals surface area contributed by atoms with Crippen LogP contribution in [0.1, 0.15) is 18.4 Å². The molecule has 2 saturated heterocycles. The van der Waals surface area contributed by atoms with Crippen LogP contribution in [0.25, 0.3) is 0 Å². The number of anilines is 1. The maximum atomic E-state index is 12.9. The zero-order valence-corrected chi connectivity index (χ0v) is 13.9. The van der Waals surface area contributed by atoms with E-state index in [1.165, 1.54) is 25.0 Å². The van der Waals surface area contributed by atoms with E-state index in [1.54, 1.807) is 6.07 Å². The average Bonchev–Trinajstić information content (AvgIpc) is 3.07. The van der Waals surface area contributed by atoms with Gasteiger partial charge in [-0.2, -0.15) is 13.2 Å². The van der Waals surface area contributed by atoms with Crippen molar-refractivity contribution in [2.75, 3.05) is 50.7 Å². The van der Waals surface area contributed by atoms with Crippen LogP contribution in [0.3, 0.4) is 0 Å². The standard InChI is InChI=1S/C18H24F3N3/c1-15(14-22-7-2-3-8-22)23-9-11-24(12-10-23)17-6-4-5-16(13-17)18(19,20)21/h4-6,13H,1-3,7-12,14H2. The summed E-state index contributed by atoms with van der Waals surface area (Å²) < 4.78 is 38.6. The lowest BCUT2D eigenvalue weighted by atomic mass is 10.1. The van der Waals surface area contributed by atoms with Gasteiger partial charge in [0.05, 0.1) is 5.56 Å². The van der Waals surface area contributed by atoms with Crippen LogP contribution < -0.4 is 4.90 Å². The Labute approximate surface area is 141 Å². The second-order valence-corrected chi connectivity index (χ2v) is 6.57. The minimum atomic E-state index is -4.29. The Balaban J connectivity index is 1.56. The molecule has 0 aliphatic carbocycles. The van der Waals surface area contributed by atoms with Crippen molar-refractivity contribution >= 4 is 5.69 Å². The summed E-state index contributed by atoms with van der Waals surface area (Å²) >= 11 is 0. The van der Waals surface area contributed by atoms with Crippen molar-refractivity contribution in [2.45, 2.75) is 19.0 Å². The quantitative estimate of drug-likeness (QED) is 0.832. The number of rotatable bonds is 4. The van der Waals surface area contributed by atoms with Crippen molar-refractivity contribution < 1.29 is 13.2 Å². The van der Waals surface area contributed by atoms with Gasteiger partial charge < -0.3 is 9.80 Å². The van der Waals surface area contributed by atoms with Gasteiger partial charge >= 0.3 is 6.18 Å². The lowest BCUT2D eigenvalue weighted by Gasteiger charge is -2.39. The fourth-order valence-corrected chi connectivity index (χ4v) is 3.46. The normalized spacial score (nSPS) is 19.8. The molecule has 0 N–H and O–H groups in total. The van der Waals surface area contributed by atoms with E-state index in [4.69, 9.17) is 0 Å². The third kappa shape index (κ3) is 4.04. The number of likely N-dealkylation sites (tertiary alicyclic amines) is 1. The Bertz CT molecular complexity index is 571. The van der Waals surface area contributed by atoms with Crippen molar-refractivity contribution in [3.05, 3.63) is 42.1 Å². The van der Waals surface area contributed by atoms with Gasteiger partial charge in [0.25, 0.3) is 0 Å². The van der Waals surface area contributed by atoms with E-state index < -0.39 is 11.7 Å². The summed E-state index contributed by atoms with van der Waals surface area (Å²) in [6.07, 6.45) is -1.77. The Morgan fingerprint density at radius 1 is 1.00 bits per heavy atom. The Hall–Kier alpha value is -1.69. The predicted molar refractivity (Wildman–Crippen MR) is 90.0 cm³/mol. The lowest BCUT2D eigenvalue weighted by molar-refractivity contribution is -0.137. The van der Waals surface area contributed by atoms with Crippen LogP contribution >= 0.6 is 0 Å². The summed E-state index contributed by atoms with van der Waals surface area (Å²) in [5.41, 5.74) is 1.19. The smallest absolute Gasteiger partial charge is 0.371 e. The number of hydrogen-bond donors (Lipinski definition) is 0. The molecule has 0 bridgehead atoms. The van der Waals surface area contributed by atoms with Crippen molar-refractivity contribution in [1.82, 2.24) is 9.80 Å². The van der Waals surface area contributed by atoms with Gasteiger partial charge in [-0.25, -0.2) is 0 Å². The van der Waals surface area contributed by atoms with Crippen molar-refractivity contribution in [3.8, 4) is 0 Å². The number of benzene rings is 1. The molecule has 2 aliphatic heterocycles. The highest BCUT2D eigenvalue weighted by molar-refractivity contribution is 5.49. The van der Waals surface area contributed by atoms with Gasteiger partial charge in [0, 0.05) is 44.1 Å². The maximum Gasteiger partial charge on any atom is 0.416 e. The van der Waals surface area contributed by atoms with E-state index in [1.807, 2.05) is 4.90 Å². The molecule has 0 spiro atoms. The van der Waals surface area contributed by atoms with Crippen LogP contribution in [0.2, 0.25) is 0 Å². The maximum absolute atomic E-state index is 12.9. The van der Waals surface area contributed by atoms with E-state index in [-0.39, 0.29) is 0 Å². The molecule has 2 aliphatic rings. The topological polar surface area (TPSA) is 9.72 Å². The first-order valence-electron chi connectivity index (χ1n) is 8.51. The Kier molecular flexibility index (Phi) is 5.04. The molecule has 2 heterocycles. The van der Waals surface area contributed by atoms with E-state index in [9.17, 15) is 13.2 Å². The fourth-order valence-electron chi connectivity index (χ4n) is 3.46. The highest BCUT2D eigenvalue weighted by Crippen LogP contribution is 2.32. The molecule has 0 radical (unpaired) electrons. The second kappa shape index (κ2) is 7.05.